The highest BCUT2D eigenvalue weighted by atomic mass is 35.5. The predicted molar refractivity (Wildman–Crippen MR) is 118 cm³/mol. The van der Waals surface area contributed by atoms with E-state index in [0.717, 1.165) is 22.8 Å². The molecular formula is C21H21AlCl2N2. The van der Waals surface area contributed by atoms with Crippen LogP contribution in [0.1, 0.15) is 5.56 Å². The summed E-state index contributed by atoms with van der Waals surface area (Å²) < 4.78 is 0. The fourth-order valence-corrected chi connectivity index (χ4v) is 2.33. The van der Waals surface area contributed by atoms with Gasteiger partial charge in [0.1, 0.15) is 5.84 Å². The molecule has 0 fully saturated rings. The third kappa shape index (κ3) is 6.86. The van der Waals surface area contributed by atoms with Gasteiger partial charge in [0.25, 0.3) is 0 Å². The van der Waals surface area contributed by atoms with Crippen molar-refractivity contribution in [1.29, 1.82) is 0 Å². The molecule has 5 heteroatoms. The maximum atomic E-state index is 5.94. The number of amidine groups is 1. The van der Waals surface area contributed by atoms with Crippen molar-refractivity contribution < 1.29 is 0 Å². The minimum atomic E-state index is 0.417. The molecule has 3 aromatic carbocycles. The van der Waals surface area contributed by atoms with Gasteiger partial charge in [0.05, 0.1) is 5.69 Å². The van der Waals surface area contributed by atoms with E-state index in [-0.39, 0.29) is 0 Å². The van der Waals surface area contributed by atoms with Gasteiger partial charge in [0.15, 0.2) is 0 Å². The number of rotatable bonds is 3. The molecule has 132 valence electrons. The second-order valence-corrected chi connectivity index (χ2v) is 7.93. The lowest BCUT2D eigenvalue weighted by molar-refractivity contribution is 1.46. The van der Waals surface area contributed by atoms with E-state index in [1.165, 1.54) is 0 Å². The second kappa shape index (κ2) is 11.1. The summed E-state index contributed by atoms with van der Waals surface area (Å²) in [7, 11) is 0. The zero-order chi connectivity index (χ0) is 18.8. The van der Waals surface area contributed by atoms with Crippen molar-refractivity contribution in [2.24, 2.45) is 4.99 Å². The summed E-state index contributed by atoms with van der Waals surface area (Å²) in [5, 5.41) is 4.74. The largest absolute Gasteiger partial charge is 0.340 e. The van der Waals surface area contributed by atoms with Crippen LogP contribution in [0.25, 0.3) is 0 Å². The van der Waals surface area contributed by atoms with Crippen molar-refractivity contribution in [1.82, 2.24) is 0 Å². The van der Waals surface area contributed by atoms with E-state index in [1.807, 2.05) is 78.9 Å². The SMILES string of the molecule is Clc1ccc(/N=C(/Nc2ccc(Cl)cc2)c2ccccc2)cc1.[CH3][AlH][CH3]. The normalized spacial score (nSPS) is 10.5. The highest BCUT2D eigenvalue weighted by molar-refractivity contribution is 6.31. The van der Waals surface area contributed by atoms with Gasteiger partial charge < -0.3 is 5.32 Å². The number of nitrogens with zero attached hydrogens (tertiary/aromatic N) is 1. The number of anilines is 1. The van der Waals surface area contributed by atoms with Crippen molar-refractivity contribution in [2.45, 2.75) is 11.6 Å². The number of benzene rings is 3. The molecule has 0 aromatic heterocycles. The summed E-state index contributed by atoms with van der Waals surface area (Å²) in [6, 6.07) is 24.9. The zero-order valence-electron chi connectivity index (χ0n) is 14.9. The first-order valence-corrected chi connectivity index (χ1v) is 12.1. The van der Waals surface area contributed by atoms with Crippen LogP contribution < -0.4 is 5.32 Å². The summed E-state index contributed by atoms with van der Waals surface area (Å²) in [5.41, 5.74) is 2.75. The molecule has 0 radical (unpaired) electrons. The number of nitrogens with one attached hydrogen (secondary N) is 1. The molecule has 1 N–H and O–H groups in total. The van der Waals surface area contributed by atoms with Crippen LogP contribution >= 0.6 is 23.2 Å². The van der Waals surface area contributed by atoms with Crippen molar-refractivity contribution in [3.63, 3.8) is 0 Å². The van der Waals surface area contributed by atoms with Crippen LogP contribution in [-0.4, -0.2) is 21.1 Å². The molecule has 0 bridgehead atoms. The molecule has 26 heavy (non-hydrogen) atoms. The van der Waals surface area contributed by atoms with Gasteiger partial charge in [-0.05, 0) is 48.5 Å². The third-order valence-electron chi connectivity index (χ3n) is 3.22. The quantitative estimate of drug-likeness (QED) is 0.296. The molecule has 0 saturated carbocycles. The van der Waals surface area contributed by atoms with E-state index in [2.05, 4.69) is 16.9 Å². The van der Waals surface area contributed by atoms with Gasteiger partial charge in [-0.3, -0.25) is 0 Å². The fraction of sp³-hybridized carbons (Fsp3) is 0.0952. The Bertz CT molecular complexity index is 817. The van der Waals surface area contributed by atoms with E-state index >= 15 is 0 Å². The van der Waals surface area contributed by atoms with E-state index in [4.69, 9.17) is 28.2 Å². The lowest BCUT2D eigenvalue weighted by Gasteiger charge is -2.11. The van der Waals surface area contributed by atoms with Crippen LogP contribution in [0, 0.1) is 0 Å². The lowest BCUT2D eigenvalue weighted by Crippen LogP contribution is -2.13. The average Bonchev–Trinajstić information content (AvgIpc) is 2.66. The van der Waals surface area contributed by atoms with Crippen molar-refractivity contribution in [3.8, 4) is 0 Å². The summed E-state index contributed by atoms with van der Waals surface area (Å²) in [5.74, 6) is 5.29. The minimum absolute atomic E-state index is 0.417. The van der Waals surface area contributed by atoms with Crippen molar-refractivity contribution in [3.05, 3.63) is 94.5 Å². The molecular weight excluding hydrogens is 378 g/mol. The Morgan fingerprint density at radius 1 is 0.769 bits per heavy atom. The maximum absolute atomic E-state index is 5.94. The summed E-state index contributed by atoms with van der Waals surface area (Å²) in [6.07, 6.45) is 0. The number of hydrogen-bond donors (Lipinski definition) is 1. The Balaban J connectivity index is 0.000000758. The number of aliphatic imine (C=N–C) groups is 1. The fourth-order valence-electron chi connectivity index (χ4n) is 2.08. The monoisotopic (exact) mass is 398 g/mol. The molecule has 0 heterocycles. The molecule has 2 nitrogen and oxygen atoms in total. The second-order valence-electron chi connectivity index (χ2n) is 5.64. The predicted octanol–water partition coefficient (Wildman–Crippen LogP) is 6.70. The Morgan fingerprint density at radius 3 is 1.81 bits per heavy atom. The van der Waals surface area contributed by atoms with Gasteiger partial charge in [0, 0.05) is 21.3 Å². The molecule has 3 rings (SSSR count). The Kier molecular flexibility index (Phi) is 8.74. The van der Waals surface area contributed by atoms with Gasteiger partial charge >= 0.3 is 0 Å². The molecule has 0 unspecified atom stereocenters. The van der Waals surface area contributed by atoms with Gasteiger partial charge in [-0.2, -0.15) is 0 Å². The third-order valence-corrected chi connectivity index (χ3v) is 3.73. The Morgan fingerprint density at radius 2 is 1.27 bits per heavy atom. The van der Waals surface area contributed by atoms with Gasteiger partial charge in [0.2, 0.25) is 15.2 Å². The van der Waals surface area contributed by atoms with Crippen LogP contribution in [0.4, 0.5) is 11.4 Å². The number of halogens is 2. The Labute approximate surface area is 171 Å². The molecule has 0 atom stereocenters. The molecule has 0 aliphatic carbocycles. The van der Waals surface area contributed by atoms with Crippen molar-refractivity contribution >= 4 is 55.6 Å². The topological polar surface area (TPSA) is 24.4 Å². The molecule has 0 aliphatic heterocycles. The van der Waals surface area contributed by atoms with E-state index < -0.39 is 0 Å². The van der Waals surface area contributed by atoms with Crippen LogP contribution in [0.15, 0.2) is 83.9 Å². The van der Waals surface area contributed by atoms with E-state index in [0.29, 0.717) is 25.3 Å². The maximum Gasteiger partial charge on any atom is 0.229 e. The smallest absolute Gasteiger partial charge is 0.229 e. The first kappa shape index (κ1) is 20.6. The van der Waals surface area contributed by atoms with Crippen LogP contribution in [-0.2, 0) is 0 Å². The molecule has 0 spiro atoms. The summed E-state index contributed by atoms with van der Waals surface area (Å²) in [4.78, 5) is 4.70. The molecule has 0 amide bonds. The molecule has 3 aromatic rings. The van der Waals surface area contributed by atoms with Gasteiger partial charge in [-0.1, -0.05) is 53.5 Å². The Hall–Kier alpha value is -1.76. The molecule has 0 saturated heterocycles. The standard InChI is InChI=1S/C19H14Cl2N2.2CH3.Al.H/c20-15-6-10-17(11-7-15)22-19(14-4-2-1-3-5-14)23-18-12-8-16(21)9-13-18;;;;/h1-13H,(H,22,23);2*1H3;;. The number of hydrogen-bond acceptors (Lipinski definition) is 1. The van der Waals surface area contributed by atoms with Crippen LogP contribution in [0.5, 0.6) is 0 Å². The average molecular weight is 399 g/mol. The lowest BCUT2D eigenvalue weighted by atomic mass is 10.2. The van der Waals surface area contributed by atoms with Crippen LogP contribution in [0.2, 0.25) is 21.6 Å². The van der Waals surface area contributed by atoms with Crippen LogP contribution in [0.3, 0.4) is 0 Å². The molecule has 0 aliphatic rings. The van der Waals surface area contributed by atoms with Gasteiger partial charge in [-0.15, -0.1) is 11.6 Å². The first-order valence-electron chi connectivity index (χ1n) is 8.54. The zero-order valence-corrected chi connectivity index (χ0v) is 17.8. The minimum Gasteiger partial charge on any atom is -0.340 e. The first-order chi connectivity index (χ1) is 12.6. The highest BCUT2D eigenvalue weighted by Gasteiger charge is 2.04. The highest BCUT2D eigenvalue weighted by Crippen LogP contribution is 2.20. The summed E-state index contributed by atoms with van der Waals surface area (Å²) >= 11 is 12.3. The van der Waals surface area contributed by atoms with E-state index in [1.54, 1.807) is 0 Å². The van der Waals surface area contributed by atoms with Gasteiger partial charge in [-0.25, -0.2) is 4.99 Å². The van der Waals surface area contributed by atoms with E-state index in [9.17, 15) is 0 Å². The van der Waals surface area contributed by atoms with Crippen molar-refractivity contribution in [2.75, 3.05) is 5.32 Å². The summed E-state index contributed by atoms with van der Waals surface area (Å²) in [6.45, 7) is 0.